The molecule has 286 valence electrons. The number of aromatic amines is 1. The average Bonchev–Trinajstić information content (AvgIpc) is 3.62. The van der Waals surface area contributed by atoms with Gasteiger partial charge in [-0.05, 0) is 73.5 Å². The number of fused-ring (bicyclic) bond motifs is 1. The molecular weight excluding hydrogens is 672 g/mol. The van der Waals surface area contributed by atoms with E-state index in [0.717, 1.165) is 57.4 Å². The second kappa shape index (κ2) is 16.5. The molecule has 0 aromatic carbocycles. The lowest BCUT2D eigenvalue weighted by Crippen LogP contribution is -2.63. The molecule has 3 aliphatic carbocycles. The third-order valence-corrected chi connectivity index (χ3v) is 11.1. The fourth-order valence-corrected chi connectivity index (χ4v) is 8.11. The molecule has 1 aliphatic heterocycles. The van der Waals surface area contributed by atoms with E-state index in [-0.39, 0.29) is 36.0 Å². The predicted molar refractivity (Wildman–Crippen MR) is 188 cm³/mol. The molecule has 5 N–H and O–H groups in total. The highest BCUT2D eigenvalue weighted by Crippen LogP contribution is 2.41. The van der Waals surface area contributed by atoms with E-state index in [1.54, 1.807) is 4.90 Å². The number of hydrogen-bond donors (Lipinski definition) is 5. The van der Waals surface area contributed by atoms with Crippen molar-refractivity contribution < 1.29 is 33.7 Å². The van der Waals surface area contributed by atoms with E-state index in [1.807, 2.05) is 27.7 Å². The molecule has 0 radical (unpaired) electrons. The smallest absolute Gasteiger partial charge is 0.343 e. The van der Waals surface area contributed by atoms with Gasteiger partial charge < -0.3 is 36.3 Å². The van der Waals surface area contributed by atoms with Crippen molar-refractivity contribution in [3.05, 3.63) is 21.9 Å². The average molecular weight is 727 g/mol. The number of aromatic nitrogens is 2. The maximum absolute atomic E-state index is 14.8. The van der Waals surface area contributed by atoms with Gasteiger partial charge in [0.05, 0.1) is 12.1 Å². The zero-order valence-corrected chi connectivity index (χ0v) is 30.7. The van der Waals surface area contributed by atoms with Crippen LogP contribution in [-0.2, 0) is 24.0 Å². The van der Waals surface area contributed by atoms with Crippen molar-refractivity contribution in [2.24, 2.45) is 17.3 Å². The topological polar surface area (TPSA) is 226 Å². The highest BCUT2D eigenvalue weighted by Gasteiger charge is 2.51. The van der Waals surface area contributed by atoms with E-state index in [0.29, 0.717) is 32.1 Å². The third-order valence-electron chi connectivity index (χ3n) is 11.1. The molecule has 0 spiro atoms. The summed E-state index contributed by atoms with van der Waals surface area (Å²) in [5, 5.41) is 28.4. The Labute approximate surface area is 303 Å². The maximum atomic E-state index is 14.8. The van der Waals surface area contributed by atoms with E-state index in [9.17, 15) is 38.9 Å². The van der Waals surface area contributed by atoms with Crippen LogP contribution in [0.4, 0.5) is 5.82 Å². The van der Waals surface area contributed by atoms with Crippen LogP contribution in [0.15, 0.2) is 6.07 Å². The van der Waals surface area contributed by atoms with Crippen LogP contribution in [0.3, 0.4) is 0 Å². The van der Waals surface area contributed by atoms with Crippen LogP contribution in [0.2, 0.25) is 0 Å². The number of ketones is 1. The standard InChI is InChI=1S/C36H54N8O8/c1-5-11-23(29(45)34(49)37-22-16-17-22)38-32(47)26-18-21-14-9-10-15-25(21)43(26)35(50)30(36(2,3)4)40-33(48)28(20-12-7-6-8-13-20)39-31(46)24-19-27(42-41-24)44(51)52/h19-23,25-26,28,30H,5-18H2,1-4H3,(H,37,49)(H,38,47)(H,39,46)(H,40,48)(H,41,42)/t21-,23-,25-,26+,28-,30+/m0/s1. The van der Waals surface area contributed by atoms with Crippen molar-refractivity contribution in [3.8, 4) is 0 Å². The Balaban J connectivity index is 1.38. The van der Waals surface area contributed by atoms with Gasteiger partial charge in [-0.25, -0.2) is 0 Å². The Kier molecular flexibility index (Phi) is 12.4. The number of carbonyl (C=O) groups excluding carboxylic acids is 6. The van der Waals surface area contributed by atoms with E-state index in [2.05, 4.69) is 31.5 Å². The normalized spacial score (nSPS) is 23.8. The number of Topliss-reactive ketones (excluding diaryl/α,β-unsaturated/α-hetero) is 1. The van der Waals surface area contributed by atoms with Gasteiger partial charge in [0.25, 0.3) is 11.8 Å². The van der Waals surface area contributed by atoms with Gasteiger partial charge in [-0.2, -0.15) is 0 Å². The molecule has 1 aromatic rings. The second-order valence-electron chi connectivity index (χ2n) is 16.1. The first kappa shape index (κ1) is 38.9. The van der Waals surface area contributed by atoms with Gasteiger partial charge in [0.2, 0.25) is 23.5 Å². The molecular formula is C36H54N8O8. The summed E-state index contributed by atoms with van der Waals surface area (Å²) >= 11 is 0. The Bertz CT molecular complexity index is 1530. The summed E-state index contributed by atoms with van der Waals surface area (Å²) in [5.41, 5.74) is -1.05. The monoisotopic (exact) mass is 726 g/mol. The Morgan fingerprint density at radius 2 is 1.63 bits per heavy atom. The Morgan fingerprint density at radius 3 is 2.25 bits per heavy atom. The van der Waals surface area contributed by atoms with Crippen molar-refractivity contribution in [2.45, 2.75) is 154 Å². The number of likely N-dealkylation sites (tertiary alicyclic amines) is 1. The summed E-state index contributed by atoms with van der Waals surface area (Å²) in [5.74, 6) is -4.27. The number of H-pyrrole nitrogens is 1. The molecule has 4 fully saturated rings. The zero-order chi connectivity index (χ0) is 37.7. The lowest BCUT2D eigenvalue weighted by molar-refractivity contribution is -0.389. The van der Waals surface area contributed by atoms with Crippen molar-refractivity contribution in [2.75, 3.05) is 0 Å². The van der Waals surface area contributed by atoms with E-state index in [1.165, 1.54) is 0 Å². The van der Waals surface area contributed by atoms with Gasteiger partial charge in [-0.15, -0.1) is 5.10 Å². The Morgan fingerprint density at radius 1 is 0.962 bits per heavy atom. The van der Waals surface area contributed by atoms with E-state index in [4.69, 9.17) is 0 Å². The van der Waals surface area contributed by atoms with Crippen LogP contribution in [-0.4, -0.2) is 91.6 Å². The molecule has 16 heteroatoms. The van der Waals surface area contributed by atoms with Crippen LogP contribution in [0.1, 0.15) is 128 Å². The lowest BCUT2D eigenvalue weighted by atomic mass is 9.81. The van der Waals surface area contributed by atoms with Crippen LogP contribution >= 0.6 is 0 Å². The molecule has 0 bridgehead atoms. The number of carbonyl (C=O) groups is 6. The van der Waals surface area contributed by atoms with E-state index >= 15 is 0 Å². The second-order valence-corrected chi connectivity index (χ2v) is 16.1. The summed E-state index contributed by atoms with van der Waals surface area (Å²) in [6.07, 6.45) is 10.3. The van der Waals surface area contributed by atoms with Crippen molar-refractivity contribution in [1.29, 1.82) is 0 Å². The molecule has 52 heavy (non-hydrogen) atoms. The van der Waals surface area contributed by atoms with E-state index < -0.39 is 75.6 Å². The van der Waals surface area contributed by atoms with Crippen LogP contribution in [0.25, 0.3) is 0 Å². The Hall–Kier alpha value is -4.37. The minimum Gasteiger partial charge on any atom is -0.358 e. The molecule has 5 rings (SSSR count). The summed E-state index contributed by atoms with van der Waals surface area (Å²) in [6.45, 7) is 7.34. The molecule has 4 aliphatic rings. The van der Waals surface area contributed by atoms with Gasteiger partial charge in [-0.3, -0.25) is 28.8 Å². The van der Waals surface area contributed by atoms with Gasteiger partial charge in [0, 0.05) is 12.1 Å². The number of nitrogens with one attached hydrogen (secondary N) is 5. The van der Waals surface area contributed by atoms with Gasteiger partial charge in [0.1, 0.15) is 18.1 Å². The predicted octanol–water partition coefficient (Wildman–Crippen LogP) is 2.82. The molecule has 5 amide bonds. The van der Waals surface area contributed by atoms with Gasteiger partial charge in [0.15, 0.2) is 5.69 Å². The quantitative estimate of drug-likeness (QED) is 0.108. The van der Waals surface area contributed by atoms with Gasteiger partial charge >= 0.3 is 5.82 Å². The fraction of sp³-hybridized carbons (Fsp3) is 0.750. The number of amides is 5. The number of nitro groups is 1. The highest BCUT2D eigenvalue weighted by molar-refractivity contribution is 6.38. The zero-order valence-electron chi connectivity index (χ0n) is 30.7. The number of hydrogen-bond acceptors (Lipinski definition) is 9. The molecule has 3 saturated carbocycles. The van der Waals surface area contributed by atoms with Crippen LogP contribution in [0.5, 0.6) is 0 Å². The molecule has 16 nitrogen and oxygen atoms in total. The summed E-state index contributed by atoms with van der Waals surface area (Å²) in [7, 11) is 0. The minimum atomic E-state index is -1.08. The largest absolute Gasteiger partial charge is 0.358 e. The molecule has 1 aromatic heterocycles. The highest BCUT2D eigenvalue weighted by atomic mass is 16.6. The van der Waals surface area contributed by atoms with Gasteiger partial charge in [-0.1, -0.05) is 71.3 Å². The summed E-state index contributed by atoms with van der Waals surface area (Å²) in [4.78, 5) is 94.3. The molecule has 0 unspecified atom stereocenters. The van der Waals surface area contributed by atoms with Crippen molar-refractivity contribution in [3.63, 3.8) is 0 Å². The summed E-state index contributed by atoms with van der Waals surface area (Å²) < 4.78 is 0. The first-order valence-corrected chi connectivity index (χ1v) is 19.0. The third kappa shape index (κ3) is 9.16. The van der Waals surface area contributed by atoms with Crippen LogP contribution in [0, 0.1) is 27.4 Å². The molecule has 1 saturated heterocycles. The van der Waals surface area contributed by atoms with Crippen molar-refractivity contribution >= 4 is 41.1 Å². The first-order valence-electron chi connectivity index (χ1n) is 19.0. The molecule has 6 atom stereocenters. The van der Waals surface area contributed by atoms with Crippen LogP contribution < -0.4 is 21.3 Å². The molecule has 2 heterocycles. The number of rotatable bonds is 14. The van der Waals surface area contributed by atoms with Crippen molar-refractivity contribution in [1.82, 2.24) is 36.4 Å². The summed E-state index contributed by atoms with van der Waals surface area (Å²) in [6, 6.07) is -3.28. The lowest BCUT2D eigenvalue weighted by Gasteiger charge is -2.40. The number of nitrogens with zero attached hydrogens (tertiary/aromatic N) is 3. The minimum absolute atomic E-state index is 0.0113. The SMILES string of the molecule is CCC[C@H](NC(=O)[C@H]1C[C@@H]2CCCC[C@@H]2N1C(=O)[C@@H](NC(=O)[C@@H](NC(=O)c1cc([N+](=O)[O-])[nH]n1)C1CCCCC1)C(C)(C)C)C(=O)C(=O)NC1CC1. The maximum Gasteiger partial charge on any atom is 0.343 e. The fourth-order valence-electron chi connectivity index (χ4n) is 8.11. The first-order chi connectivity index (χ1) is 24.7.